The number of para-hydroxylation sites is 2. The summed E-state index contributed by atoms with van der Waals surface area (Å²) in [4.78, 5) is 20.1. The fourth-order valence-corrected chi connectivity index (χ4v) is 7.37. The van der Waals surface area contributed by atoms with Gasteiger partial charge in [-0.2, -0.15) is 4.31 Å². The van der Waals surface area contributed by atoms with E-state index >= 15 is 0 Å². The minimum Gasteiger partial charge on any atom is -0.440 e. The fraction of sp³-hybridized carbons (Fsp3) is 0.455. The van der Waals surface area contributed by atoms with Crippen LogP contribution in [0.5, 0.6) is 0 Å². The first-order valence-electron chi connectivity index (χ1n) is 10.7. The Labute approximate surface area is 185 Å². The van der Waals surface area contributed by atoms with Gasteiger partial charge in [0.15, 0.2) is 11.5 Å². The van der Waals surface area contributed by atoms with Gasteiger partial charge in [0.05, 0.1) is 6.42 Å². The average Bonchev–Trinajstić information content (AvgIpc) is 3.54. The van der Waals surface area contributed by atoms with Crippen LogP contribution in [0.4, 0.5) is 0 Å². The molecule has 7 nitrogen and oxygen atoms in total. The summed E-state index contributed by atoms with van der Waals surface area (Å²) in [6, 6.07) is 11.2. The molecule has 2 aliphatic heterocycles. The highest BCUT2D eigenvalue weighted by Gasteiger charge is 2.30. The summed E-state index contributed by atoms with van der Waals surface area (Å²) in [5.74, 6) is 1.02. The number of carbonyl (C=O) groups is 1. The molecule has 31 heavy (non-hydrogen) atoms. The molecule has 0 aliphatic carbocycles. The number of hydrogen-bond donors (Lipinski definition) is 0. The van der Waals surface area contributed by atoms with Crippen molar-refractivity contribution in [2.24, 2.45) is 0 Å². The van der Waals surface area contributed by atoms with Gasteiger partial charge in [-0.3, -0.25) is 4.79 Å². The summed E-state index contributed by atoms with van der Waals surface area (Å²) in [5.41, 5.74) is 1.67. The Balaban J connectivity index is 1.19. The van der Waals surface area contributed by atoms with Crippen LogP contribution >= 0.6 is 11.3 Å². The maximum absolute atomic E-state index is 12.8. The van der Waals surface area contributed by atoms with E-state index in [0.29, 0.717) is 30.4 Å². The predicted octanol–water partition coefficient (Wildman–Crippen LogP) is 3.62. The summed E-state index contributed by atoms with van der Waals surface area (Å²) >= 11 is 1.22. The lowest BCUT2D eigenvalue weighted by Gasteiger charge is -2.30. The number of rotatable bonds is 5. The average molecular weight is 460 g/mol. The number of sulfonamides is 1. The van der Waals surface area contributed by atoms with E-state index in [1.165, 1.54) is 11.3 Å². The highest BCUT2D eigenvalue weighted by molar-refractivity contribution is 7.91. The third-order valence-corrected chi connectivity index (χ3v) is 9.58. The van der Waals surface area contributed by atoms with Gasteiger partial charge < -0.3 is 9.32 Å². The number of oxazole rings is 1. The maximum Gasteiger partial charge on any atom is 0.252 e. The summed E-state index contributed by atoms with van der Waals surface area (Å²) in [7, 11) is -3.42. The van der Waals surface area contributed by atoms with Crippen LogP contribution in [0.15, 0.2) is 45.0 Å². The smallest absolute Gasteiger partial charge is 0.252 e. The second-order valence-electron chi connectivity index (χ2n) is 8.18. The number of thiophene rings is 1. The summed E-state index contributed by atoms with van der Waals surface area (Å²) in [6.45, 7) is 2.49. The van der Waals surface area contributed by atoms with Crippen LogP contribution in [-0.2, 0) is 21.2 Å². The topological polar surface area (TPSA) is 83.7 Å². The van der Waals surface area contributed by atoms with Crippen LogP contribution < -0.4 is 0 Å². The van der Waals surface area contributed by atoms with Crippen molar-refractivity contribution in [1.82, 2.24) is 14.2 Å². The number of likely N-dealkylation sites (tertiary alicyclic amines) is 1. The highest BCUT2D eigenvalue weighted by atomic mass is 32.2. The first-order chi connectivity index (χ1) is 15.0. The Bertz CT molecular complexity index is 1150. The van der Waals surface area contributed by atoms with Crippen molar-refractivity contribution < 1.29 is 17.6 Å². The molecule has 1 aromatic carbocycles. The molecule has 9 heteroatoms. The maximum atomic E-state index is 12.8. The molecule has 2 fully saturated rings. The number of aromatic nitrogens is 1. The number of nitrogens with zero attached hydrogens (tertiary/aromatic N) is 3. The van der Waals surface area contributed by atoms with Gasteiger partial charge in [0, 0.05) is 37.0 Å². The molecule has 0 bridgehead atoms. The largest absolute Gasteiger partial charge is 0.440 e. The zero-order valence-electron chi connectivity index (χ0n) is 17.2. The summed E-state index contributed by atoms with van der Waals surface area (Å²) in [6.07, 6.45) is 3.70. The number of piperidine rings is 1. The Morgan fingerprint density at radius 1 is 1.06 bits per heavy atom. The molecule has 0 spiro atoms. The summed E-state index contributed by atoms with van der Waals surface area (Å²) in [5, 5.41) is 0. The molecule has 2 aliphatic rings. The molecular weight excluding hydrogens is 434 g/mol. The lowest BCUT2D eigenvalue weighted by molar-refractivity contribution is -0.131. The van der Waals surface area contributed by atoms with E-state index in [-0.39, 0.29) is 18.2 Å². The lowest BCUT2D eigenvalue weighted by atomic mass is 9.96. The number of benzene rings is 1. The fourth-order valence-electron chi connectivity index (χ4n) is 4.35. The normalized spacial score (nSPS) is 18.8. The standard InChI is InChI=1S/C22H25N3O4S2/c26-20(15-17-7-8-21(30-17)31(27,28)25-11-3-4-12-25)24-13-9-16(10-14-24)22-23-18-5-1-2-6-19(18)29-22/h1-2,5-8,16H,3-4,9-15H2. The minimum absolute atomic E-state index is 0.0444. The number of amides is 1. The molecule has 0 unspecified atom stereocenters. The van der Waals surface area contributed by atoms with Gasteiger partial charge in [-0.25, -0.2) is 13.4 Å². The molecule has 2 saturated heterocycles. The van der Waals surface area contributed by atoms with E-state index in [4.69, 9.17) is 4.42 Å². The lowest BCUT2D eigenvalue weighted by Crippen LogP contribution is -2.38. The highest BCUT2D eigenvalue weighted by Crippen LogP contribution is 2.31. The van der Waals surface area contributed by atoms with E-state index in [2.05, 4.69) is 4.98 Å². The molecule has 3 aromatic rings. The number of carbonyl (C=O) groups excluding carboxylic acids is 1. The molecule has 1 amide bonds. The van der Waals surface area contributed by atoms with Gasteiger partial charge in [-0.05, 0) is 49.9 Å². The second kappa shape index (κ2) is 8.37. The third-order valence-electron chi connectivity index (χ3n) is 6.13. The van der Waals surface area contributed by atoms with Gasteiger partial charge in [-0.15, -0.1) is 11.3 Å². The Morgan fingerprint density at radius 2 is 1.81 bits per heavy atom. The molecule has 164 valence electrons. The van der Waals surface area contributed by atoms with Crippen molar-refractivity contribution in [3.8, 4) is 0 Å². The van der Waals surface area contributed by atoms with E-state index < -0.39 is 10.0 Å². The van der Waals surface area contributed by atoms with E-state index in [0.717, 1.165) is 47.6 Å². The minimum atomic E-state index is -3.42. The van der Waals surface area contributed by atoms with Gasteiger partial charge >= 0.3 is 0 Å². The molecule has 0 atom stereocenters. The van der Waals surface area contributed by atoms with Crippen molar-refractivity contribution >= 4 is 38.4 Å². The Hall–Kier alpha value is -2.23. The van der Waals surface area contributed by atoms with E-state index in [9.17, 15) is 13.2 Å². The van der Waals surface area contributed by atoms with Gasteiger partial charge in [0.1, 0.15) is 9.73 Å². The van der Waals surface area contributed by atoms with Crippen LogP contribution in [0.1, 0.15) is 42.4 Å². The number of fused-ring (bicyclic) bond motifs is 1. The van der Waals surface area contributed by atoms with Crippen LogP contribution in [0.25, 0.3) is 11.1 Å². The third kappa shape index (κ3) is 4.14. The zero-order chi connectivity index (χ0) is 21.4. The Kier molecular flexibility index (Phi) is 5.58. The Morgan fingerprint density at radius 3 is 2.55 bits per heavy atom. The predicted molar refractivity (Wildman–Crippen MR) is 119 cm³/mol. The second-order valence-corrected chi connectivity index (χ2v) is 11.5. The van der Waals surface area contributed by atoms with Crippen molar-refractivity contribution in [2.75, 3.05) is 26.2 Å². The van der Waals surface area contributed by atoms with E-state index in [1.54, 1.807) is 16.4 Å². The molecular formula is C22H25N3O4S2. The van der Waals surface area contributed by atoms with Crippen molar-refractivity contribution in [3.05, 3.63) is 47.2 Å². The molecule has 2 aromatic heterocycles. The SMILES string of the molecule is O=C(Cc1ccc(S(=O)(=O)N2CCCC2)s1)N1CCC(c2nc3ccccc3o2)CC1. The van der Waals surface area contributed by atoms with Gasteiger partial charge in [0.25, 0.3) is 10.0 Å². The first-order valence-corrected chi connectivity index (χ1v) is 13.0. The van der Waals surface area contributed by atoms with E-state index in [1.807, 2.05) is 29.2 Å². The van der Waals surface area contributed by atoms with Crippen LogP contribution in [0.3, 0.4) is 0 Å². The first kappa shape index (κ1) is 20.7. The van der Waals surface area contributed by atoms with Crippen molar-refractivity contribution in [1.29, 1.82) is 0 Å². The molecule has 0 N–H and O–H groups in total. The quantitative estimate of drug-likeness (QED) is 0.582. The molecule has 5 rings (SSSR count). The molecule has 0 radical (unpaired) electrons. The van der Waals surface area contributed by atoms with Gasteiger partial charge in [-0.1, -0.05) is 12.1 Å². The van der Waals surface area contributed by atoms with Crippen LogP contribution in [0, 0.1) is 0 Å². The molecule has 4 heterocycles. The zero-order valence-corrected chi connectivity index (χ0v) is 18.8. The van der Waals surface area contributed by atoms with Crippen LogP contribution in [-0.4, -0.2) is 54.7 Å². The van der Waals surface area contributed by atoms with Crippen LogP contribution in [0.2, 0.25) is 0 Å². The molecule has 0 saturated carbocycles. The summed E-state index contributed by atoms with van der Waals surface area (Å²) < 4.78 is 33.2. The monoisotopic (exact) mass is 459 g/mol. The number of hydrogen-bond acceptors (Lipinski definition) is 6. The van der Waals surface area contributed by atoms with Crippen molar-refractivity contribution in [2.45, 2.75) is 42.2 Å². The van der Waals surface area contributed by atoms with Crippen molar-refractivity contribution in [3.63, 3.8) is 0 Å². The van der Waals surface area contributed by atoms with Gasteiger partial charge in [0.2, 0.25) is 5.91 Å².